The molecule has 38 heteroatoms. The van der Waals surface area contributed by atoms with Gasteiger partial charge >= 0.3 is 19.1 Å². The Hall–Kier alpha value is -11.8. The maximum absolute atomic E-state index is 9.81. The van der Waals surface area contributed by atoms with Crippen LogP contribution < -0.4 is 39.4 Å². The number of nitrogens with two attached hydrogens (primary N) is 5. The first-order valence-corrected chi connectivity index (χ1v) is 34.9. The third-order valence-corrected chi connectivity index (χ3v) is 17.4. The van der Waals surface area contributed by atoms with Gasteiger partial charge in [-0.05, 0) is 208 Å². The van der Waals surface area contributed by atoms with Crippen LogP contribution in [0.4, 0.5) is 40.5 Å². The smallest absolute Gasteiger partial charge is 0.399 e. The fourth-order valence-corrected chi connectivity index (χ4v) is 11.5. The molecule has 16 aromatic rings. The predicted molar refractivity (Wildman–Crippen MR) is 427 cm³/mol. The number of anilines is 7. The molecule has 546 valence electrons. The lowest BCUT2D eigenvalue weighted by molar-refractivity contribution is -0.156. The van der Waals surface area contributed by atoms with Crippen LogP contribution in [0.5, 0.6) is 0 Å². The van der Waals surface area contributed by atoms with Crippen molar-refractivity contribution in [3.63, 3.8) is 0 Å². The lowest BCUT2D eigenvalue weighted by Gasteiger charge is -2.32. The van der Waals surface area contributed by atoms with Crippen molar-refractivity contribution >= 4 is 195 Å². The molecule has 1 aliphatic rings. The van der Waals surface area contributed by atoms with E-state index in [4.69, 9.17) is 43.0 Å². The number of esters is 2. The van der Waals surface area contributed by atoms with Gasteiger partial charge in [0.1, 0.15) is 41.7 Å². The van der Waals surface area contributed by atoms with Crippen LogP contribution in [0.3, 0.4) is 0 Å². The minimum atomic E-state index is -0.562. The van der Waals surface area contributed by atoms with E-state index in [0.717, 1.165) is 101 Å². The largest absolute Gasteiger partial charge is 0.495 e. The van der Waals surface area contributed by atoms with Crippen LogP contribution in [0.1, 0.15) is 60.6 Å². The molecule has 0 atom stereocenters. The number of nitrogens with zero attached hydrogens (tertiary/aromatic N) is 18. The van der Waals surface area contributed by atoms with Gasteiger partial charge in [0.05, 0.1) is 123 Å². The Kier molecular flexibility index (Phi) is 24.7. The molecular formula is C69H69BBr4N28O5. The van der Waals surface area contributed by atoms with Gasteiger partial charge in [-0.2, -0.15) is 0 Å². The molecule has 0 amide bonds. The number of ether oxygens (including phenoxy) is 1. The summed E-state index contributed by atoms with van der Waals surface area (Å²) in [5.74, 6) is 2.72. The Labute approximate surface area is 643 Å². The molecule has 1 aliphatic heterocycles. The fourth-order valence-electron chi connectivity index (χ4n) is 10.1. The molecule has 15 N–H and O–H groups in total. The average Bonchev–Trinajstić information content (AvgIpc) is 1.64. The van der Waals surface area contributed by atoms with Crippen LogP contribution in [0, 0.1) is 13.8 Å². The second kappa shape index (κ2) is 33.9. The lowest BCUT2D eigenvalue weighted by Crippen LogP contribution is -2.41. The van der Waals surface area contributed by atoms with E-state index in [-0.39, 0.29) is 25.7 Å². The van der Waals surface area contributed by atoms with Crippen LogP contribution in [-0.4, -0.2) is 139 Å². The number of nitrogens with one attached hydrogen (secondary N) is 5. The standard InChI is InChI=1S/C18H14N8.C13H9BrN6.C11H17BN2O2.C11H9BrN6.C7H7N3.C4H3Br2N3.C4H6O3.CH4/c1-10-24-17-18(25-15(8-21-17)11-4-5-20-16(19)6-11)26(10)12-2-3-13-14(7-12)23-9-22-13;1-7-18-12-13(19-11(14)5-15-12)20(7)8-2-3-9-10(4-8)17-6-16-9;1-10(2)11(3,4)16-12(15-10)8-5-6-14-9(13)7-8;12-9-4-14-10(13)11(18-9)17-6-1-2-7-8(3-6)16-5-15-7;8-5-1-2-6-7(3-5)10-4-9-6;5-2-1-8-4(7)3(6)9-2;1-3(5)7-4(2)6;/h2-9H,1H3,(H2,19,20)(H,22,23);2-6H,1H3,(H,16,17);5-7H,1-4H3,(H2,13,14);1-5H,(H2,13,14)(H,15,16)(H,17,18);1-4H,8H2,(H,9,10);1H,(H2,7,8);1-2H3;1H4. The molecule has 17 rings (SSSR count). The first-order chi connectivity index (χ1) is 50.6. The van der Waals surface area contributed by atoms with Gasteiger partial charge in [0.25, 0.3) is 0 Å². The molecule has 0 spiro atoms. The Bertz CT molecular complexity index is 5800. The highest BCUT2D eigenvalue weighted by Gasteiger charge is 2.51. The number of hydrogen-bond donors (Lipinski definition) is 10. The number of rotatable bonds is 6. The van der Waals surface area contributed by atoms with Crippen LogP contribution in [0.15, 0.2) is 178 Å². The fraction of sp³-hybridized carbons (Fsp3) is 0.159. The number of H-pyrrole nitrogens is 4. The van der Waals surface area contributed by atoms with E-state index in [1.165, 1.54) is 13.8 Å². The zero-order chi connectivity index (χ0) is 75.6. The third kappa shape index (κ3) is 19.4. The molecule has 4 aromatic carbocycles. The number of carbonyl (C=O) groups excluding carboxylic acids is 2. The lowest BCUT2D eigenvalue weighted by atomic mass is 9.80. The molecule has 0 radical (unpaired) electrons. The number of hydrogen-bond acceptors (Lipinski definition) is 27. The number of pyridine rings is 2. The van der Waals surface area contributed by atoms with Gasteiger partial charge in [-0.1, -0.05) is 7.43 Å². The molecule has 13 heterocycles. The van der Waals surface area contributed by atoms with Gasteiger partial charge < -0.3 is 68.0 Å². The first kappa shape index (κ1) is 77.8. The molecule has 12 aromatic heterocycles. The van der Waals surface area contributed by atoms with E-state index in [1.807, 2.05) is 136 Å². The van der Waals surface area contributed by atoms with Gasteiger partial charge in [-0.3, -0.25) is 18.7 Å². The summed E-state index contributed by atoms with van der Waals surface area (Å²) in [4.78, 5) is 99.5. The molecule has 0 unspecified atom stereocenters. The maximum Gasteiger partial charge on any atom is 0.495 e. The normalized spacial score (nSPS) is 12.4. The second-order valence-corrected chi connectivity index (χ2v) is 27.0. The molecular weight excluding hydrogens is 1630 g/mol. The molecule has 0 aliphatic carbocycles. The number of nitrogen functional groups attached to an aromatic ring is 5. The number of aromatic nitrogens is 22. The number of carbonyl (C=O) groups is 2. The molecule has 1 saturated heterocycles. The van der Waals surface area contributed by atoms with Crippen molar-refractivity contribution in [2.24, 2.45) is 0 Å². The van der Waals surface area contributed by atoms with E-state index in [1.54, 1.807) is 74.6 Å². The topological polar surface area (TPSA) is 483 Å². The highest BCUT2D eigenvalue weighted by Crippen LogP contribution is 2.37. The summed E-state index contributed by atoms with van der Waals surface area (Å²) in [6.45, 7) is 14.3. The summed E-state index contributed by atoms with van der Waals surface area (Å²) < 4.78 is 22.3. The molecule has 33 nitrogen and oxygen atoms in total. The van der Waals surface area contributed by atoms with E-state index in [2.05, 4.69) is 168 Å². The quantitative estimate of drug-likeness (QED) is 0.0320. The number of halogens is 4. The Morgan fingerprint density at radius 3 is 1.47 bits per heavy atom. The van der Waals surface area contributed by atoms with Gasteiger partial charge in [0.2, 0.25) is 0 Å². The van der Waals surface area contributed by atoms with Crippen molar-refractivity contribution in [2.75, 3.05) is 34.0 Å². The SMILES string of the molecule is C.CC(=O)OC(C)=O.CC1(C)OB(c2ccnc(N)c2)OC1(C)C.Cc1nc2ncc(-c3ccnc(N)c3)nc2n1-c1ccc2nc[nH]c2c1.Cc1nc2ncc(Br)nc2n1-c1ccc2nc[nH]c2c1.Nc1ccc2nc[nH]c2c1.Nc1ncc(Br)nc1Br.Nc1ncc(Br)nc1Nc1ccc2nc[nH]c2c1. The minimum absolute atomic E-state index is 0. The Morgan fingerprint density at radius 2 is 0.953 bits per heavy atom. The molecule has 107 heavy (non-hydrogen) atoms. The third-order valence-electron chi connectivity index (χ3n) is 15.7. The molecule has 0 saturated carbocycles. The maximum atomic E-state index is 9.81. The minimum Gasteiger partial charge on any atom is -0.399 e. The summed E-state index contributed by atoms with van der Waals surface area (Å²) in [6, 6.07) is 30.6. The van der Waals surface area contributed by atoms with E-state index in [0.29, 0.717) is 64.4 Å². The van der Waals surface area contributed by atoms with E-state index < -0.39 is 11.9 Å². The molecule has 0 bridgehead atoms. The Morgan fingerprint density at radius 1 is 0.495 bits per heavy atom. The molecule has 1 fully saturated rings. The second-order valence-electron chi connectivity index (χ2n) is 23.8. The average molecular weight is 1700 g/mol. The van der Waals surface area contributed by atoms with E-state index >= 15 is 0 Å². The van der Waals surface area contributed by atoms with Gasteiger partial charge in [-0.15, -0.1) is 0 Å². The van der Waals surface area contributed by atoms with Gasteiger partial charge in [0.15, 0.2) is 40.0 Å². The van der Waals surface area contributed by atoms with Crippen LogP contribution in [-0.2, 0) is 23.6 Å². The van der Waals surface area contributed by atoms with Gasteiger partial charge in [0, 0.05) is 43.2 Å². The van der Waals surface area contributed by atoms with Crippen molar-refractivity contribution in [1.29, 1.82) is 0 Å². The number of fused-ring (bicyclic) bond motifs is 6. The van der Waals surface area contributed by atoms with Crippen molar-refractivity contribution < 1.29 is 23.6 Å². The van der Waals surface area contributed by atoms with E-state index in [9.17, 15) is 9.59 Å². The summed E-state index contributed by atoms with van der Waals surface area (Å²) in [6.07, 6.45) is 16.4. The predicted octanol–water partition coefficient (Wildman–Crippen LogP) is 12.3. The zero-order valence-corrected chi connectivity index (χ0v) is 63.9. The summed E-state index contributed by atoms with van der Waals surface area (Å²) in [5.41, 5.74) is 43.7. The number of aryl methyl sites for hydroxylation is 2. The highest BCUT2D eigenvalue weighted by molar-refractivity contribution is 9.11. The summed E-state index contributed by atoms with van der Waals surface area (Å²) in [7, 11) is -0.365. The number of benzene rings is 4. The number of imidazole rings is 6. The number of aromatic amines is 4. The van der Waals surface area contributed by atoms with Crippen molar-refractivity contribution in [1.82, 2.24) is 109 Å². The zero-order valence-electron chi connectivity index (χ0n) is 57.6. The summed E-state index contributed by atoms with van der Waals surface area (Å²) in [5, 5.41) is 3.12. The van der Waals surface area contributed by atoms with Crippen molar-refractivity contribution in [2.45, 2.75) is 74.0 Å². The first-order valence-electron chi connectivity index (χ1n) is 31.7. The Balaban J connectivity index is 0.000000138. The van der Waals surface area contributed by atoms with Crippen LogP contribution in [0.25, 0.3) is 89.4 Å². The summed E-state index contributed by atoms with van der Waals surface area (Å²) >= 11 is 12.9. The highest BCUT2D eigenvalue weighted by atomic mass is 79.9. The van der Waals surface area contributed by atoms with Gasteiger partial charge in [-0.25, -0.2) is 79.7 Å². The van der Waals surface area contributed by atoms with Crippen LogP contribution >= 0.6 is 63.7 Å². The van der Waals surface area contributed by atoms with Crippen LogP contribution in [0.2, 0.25) is 0 Å². The monoisotopic (exact) mass is 1700 g/mol. The van der Waals surface area contributed by atoms with Crippen molar-refractivity contribution in [3.05, 3.63) is 190 Å². The van der Waals surface area contributed by atoms with Crippen molar-refractivity contribution in [3.8, 4) is 22.6 Å².